The molecule has 1 N–H and O–H groups in total. The average molecular weight is 251 g/mol. The normalized spacial score (nSPS) is 21.4. The van der Waals surface area contributed by atoms with Crippen molar-refractivity contribution >= 4 is 17.7 Å². The van der Waals surface area contributed by atoms with Crippen molar-refractivity contribution in [2.75, 3.05) is 18.8 Å². The van der Waals surface area contributed by atoms with Gasteiger partial charge in [-0.1, -0.05) is 19.1 Å². The number of aromatic carboxylic acids is 1. The molecule has 1 fully saturated rings. The summed E-state index contributed by atoms with van der Waals surface area (Å²) in [5, 5.41) is 9.52. The molecule has 1 aromatic rings. The second-order valence-corrected chi connectivity index (χ2v) is 5.96. The summed E-state index contributed by atoms with van der Waals surface area (Å²) >= 11 is 2.02. The van der Waals surface area contributed by atoms with E-state index in [1.807, 2.05) is 23.9 Å². The van der Waals surface area contributed by atoms with Crippen molar-refractivity contribution in [1.29, 1.82) is 0 Å². The molecule has 3 nitrogen and oxygen atoms in total. The molecular weight excluding hydrogens is 234 g/mol. The third kappa shape index (κ3) is 3.48. The molecule has 0 aliphatic carbocycles. The van der Waals surface area contributed by atoms with Gasteiger partial charge in [0.2, 0.25) is 0 Å². The van der Waals surface area contributed by atoms with Crippen molar-refractivity contribution in [2.24, 2.45) is 0 Å². The van der Waals surface area contributed by atoms with E-state index in [4.69, 9.17) is 5.11 Å². The number of carboxylic acid groups (broad SMARTS) is 1. The molecule has 0 amide bonds. The fourth-order valence-corrected chi connectivity index (χ4v) is 3.13. The smallest absolute Gasteiger partial charge is 0.335 e. The maximum atomic E-state index is 10.7. The van der Waals surface area contributed by atoms with Crippen LogP contribution >= 0.6 is 11.8 Å². The lowest BCUT2D eigenvalue weighted by Crippen LogP contribution is -2.35. The summed E-state index contributed by atoms with van der Waals surface area (Å²) in [6.07, 6.45) is 0. The summed E-state index contributed by atoms with van der Waals surface area (Å²) in [5.74, 6) is 0.327. The lowest BCUT2D eigenvalue weighted by Gasteiger charge is -2.30. The van der Waals surface area contributed by atoms with Crippen molar-refractivity contribution in [3.05, 3.63) is 35.4 Å². The second-order valence-electron chi connectivity index (χ2n) is 4.42. The van der Waals surface area contributed by atoms with E-state index in [0.717, 1.165) is 19.6 Å². The van der Waals surface area contributed by atoms with Crippen LogP contribution in [0.25, 0.3) is 0 Å². The van der Waals surface area contributed by atoms with Crippen LogP contribution in [0.2, 0.25) is 0 Å². The molecule has 0 bridgehead atoms. The first-order valence-electron chi connectivity index (χ1n) is 5.81. The van der Waals surface area contributed by atoms with Gasteiger partial charge in [0, 0.05) is 30.6 Å². The topological polar surface area (TPSA) is 40.5 Å². The van der Waals surface area contributed by atoms with Crippen LogP contribution in [0.1, 0.15) is 22.8 Å². The van der Waals surface area contributed by atoms with Gasteiger partial charge in [-0.25, -0.2) is 4.79 Å². The Bertz CT molecular complexity index is 391. The Labute approximate surface area is 106 Å². The Balaban J connectivity index is 1.96. The molecule has 1 atom stereocenters. The van der Waals surface area contributed by atoms with Crippen LogP contribution in [0.15, 0.2) is 24.3 Å². The summed E-state index contributed by atoms with van der Waals surface area (Å²) in [6.45, 7) is 5.41. The molecule has 1 saturated heterocycles. The lowest BCUT2D eigenvalue weighted by atomic mass is 10.1. The molecule has 0 saturated carbocycles. The Morgan fingerprint density at radius 1 is 1.47 bits per heavy atom. The van der Waals surface area contributed by atoms with Crippen molar-refractivity contribution in [3.8, 4) is 0 Å². The summed E-state index contributed by atoms with van der Waals surface area (Å²) in [6, 6.07) is 7.19. The average Bonchev–Trinajstić information content (AvgIpc) is 2.29. The van der Waals surface area contributed by atoms with E-state index in [-0.39, 0.29) is 0 Å². The van der Waals surface area contributed by atoms with Crippen molar-refractivity contribution in [1.82, 2.24) is 4.90 Å². The molecule has 0 spiro atoms. The van der Waals surface area contributed by atoms with Gasteiger partial charge in [-0.2, -0.15) is 11.8 Å². The van der Waals surface area contributed by atoms with Gasteiger partial charge in [0.15, 0.2) is 0 Å². The molecule has 1 unspecified atom stereocenters. The van der Waals surface area contributed by atoms with Gasteiger partial charge in [0.1, 0.15) is 0 Å². The van der Waals surface area contributed by atoms with E-state index in [0.29, 0.717) is 10.8 Å². The predicted octanol–water partition coefficient (Wildman–Crippen LogP) is 2.32. The predicted molar refractivity (Wildman–Crippen MR) is 70.6 cm³/mol. The summed E-state index contributed by atoms with van der Waals surface area (Å²) < 4.78 is 0. The van der Waals surface area contributed by atoms with Crippen LogP contribution < -0.4 is 0 Å². The van der Waals surface area contributed by atoms with Crippen molar-refractivity contribution in [2.45, 2.75) is 18.7 Å². The number of carboxylic acids is 1. The second kappa shape index (κ2) is 5.56. The minimum atomic E-state index is -0.862. The van der Waals surface area contributed by atoms with Crippen LogP contribution in [-0.2, 0) is 6.54 Å². The fourth-order valence-electron chi connectivity index (χ4n) is 2.05. The van der Waals surface area contributed by atoms with E-state index in [1.165, 1.54) is 11.3 Å². The SMILES string of the molecule is CC1CN(Cc2ccc(C(=O)O)cc2)CCS1. The number of hydrogen-bond donors (Lipinski definition) is 1. The van der Waals surface area contributed by atoms with E-state index < -0.39 is 5.97 Å². The number of carbonyl (C=O) groups is 1. The van der Waals surface area contributed by atoms with Gasteiger partial charge in [-0.05, 0) is 17.7 Å². The fraction of sp³-hybridized carbons (Fsp3) is 0.462. The van der Waals surface area contributed by atoms with E-state index in [2.05, 4.69) is 11.8 Å². The van der Waals surface area contributed by atoms with Crippen LogP contribution in [-0.4, -0.2) is 40.1 Å². The Morgan fingerprint density at radius 3 is 2.76 bits per heavy atom. The number of hydrogen-bond acceptors (Lipinski definition) is 3. The van der Waals surface area contributed by atoms with Crippen LogP contribution in [0.3, 0.4) is 0 Å². The van der Waals surface area contributed by atoms with Crippen LogP contribution in [0.4, 0.5) is 0 Å². The quantitative estimate of drug-likeness (QED) is 0.895. The Hall–Kier alpha value is -1.00. The first-order chi connectivity index (χ1) is 8.15. The zero-order valence-electron chi connectivity index (χ0n) is 9.93. The molecular formula is C13H17NO2S. The molecule has 0 radical (unpaired) electrons. The summed E-state index contributed by atoms with van der Waals surface area (Å²) in [5.41, 5.74) is 1.55. The van der Waals surface area contributed by atoms with E-state index >= 15 is 0 Å². The Kier molecular flexibility index (Phi) is 4.07. The molecule has 2 rings (SSSR count). The highest BCUT2D eigenvalue weighted by Crippen LogP contribution is 2.19. The molecule has 1 aromatic carbocycles. The number of thioether (sulfide) groups is 1. The molecule has 1 aliphatic rings. The number of benzene rings is 1. The summed E-state index contributed by atoms with van der Waals surface area (Å²) in [4.78, 5) is 13.2. The molecule has 17 heavy (non-hydrogen) atoms. The first-order valence-corrected chi connectivity index (χ1v) is 6.86. The number of nitrogens with zero attached hydrogens (tertiary/aromatic N) is 1. The van der Waals surface area contributed by atoms with Gasteiger partial charge in [0.05, 0.1) is 5.56 Å². The molecule has 1 aliphatic heterocycles. The first kappa shape index (κ1) is 12.5. The maximum Gasteiger partial charge on any atom is 0.335 e. The molecule has 4 heteroatoms. The minimum absolute atomic E-state index is 0.358. The molecule has 92 valence electrons. The van der Waals surface area contributed by atoms with Crippen LogP contribution in [0.5, 0.6) is 0 Å². The minimum Gasteiger partial charge on any atom is -0.478 e. The highest BCUT2D eigenvalue weighted by Gasteiger charge is 2.16. The summed E-state index contributed by atoms with van der Waals surface area (Å²) in [7, 11) is 0. The standard InChI is InChI=1S/C13H17NO2S/c1-10-8-14(6-7-17-10)9-11-2-4-12(5-3-11)13(15)16/h2-5,10H,6-9H2,1H3,(H,15,16). The van der Waals surface area contributed by atoms with Gasteiger partial charge < -0.3 is 5.11 Å². The monoisotopic (exact) mass is 251 g/mol. The maximum absolute atomic E-state index is 10.7. The number of rotatable bonds is 3. The zero-order valence-corrected chi connectivity index (χ0v) is 10.7. The highest BCUT2D eigenvalue weighted by molar-refractivity contribution is 7.99. The largest absolute Gasteiger partial charge is 0.478 e. The molecule has 1 heterocycles. The molecule has 0 aromatic heterocycles. The third-order valence-electron chi connectivity index (χ3n) is 2.93. The Morgan fingerprint density at radius 2 is 2.18 bits per heavy atom. The highest BCUT2D eigenvalue weighted by atomic mass is 32.2. The van der Waals surface area contributed by atoms with Crippen LogP contribution in [0, 0.1) is 0 Å². The van der Waals surface area contributed by atoms with Crippen molar-refractivity contribution < 1.29 is 9.90 Å². The van der Waals surface area contributed by atoms with Gasteiger partial charge in [-0.15, -0.1) is 0 Å². The lowest BCUT2D eigenvalue weighted by molar-refractivity contribution is 0.0697. The van der Waals surface area contributed by atoms with Crippen molar-refractivity contribution in [3.63, 3.8) is 0 Å². The third-order valence-corrected chi connectivity index (χ3v) is 4.07. The van der Waals surface area contributed by atoms with Gasteiger partial charge >= 0.3 is 5.97 Å². The van der Waals surface area contributed by atoms with E-state index in [1.54, 1.807) is 12.1 Å². The van der Waals surface area contributed by atoms with Gasteiger partial charge in [-0.3, -0.25) is 4.90 Å². The van der Waals surface area contributed by atoms with Gasteiger partial charge in [0.25, 0.3) is 0 Å². The zero-order chi connectivity index (χ0) is 12.3. The van der Waals surface area contributed by atoms with E-state index in [9.17, 15) is 4.79 Å².